The smallest absolute Gasteiger partial charge is 0.303 e. The number of unbranched alkanes of at least 4 members (excludes halogenated alkanes) is 2. The lowest BCUT2D eigenvalue weighted by Gasteiger charge is -2.14. The van der Waals surface area contributed by atoms with Crippen molar-refractivity contribution in [3.05, 3.63) is 72.3 Å². The van der Waals surface area contributed by atoms with Gasteiger partial charge in [0.15, 0.2) is 0 Å². The van der Waals surface area contributed by atoms with E-state index < -0.39 is 5.97 Å². The minimum absolute atomic E-state index is 0.0170. The minimum atomic E-state index is -0.897. The molecule has 0 bridgehead atoms. The van der Waals surface area contributed by atoms with Crippen LogP contribution in [0.1, 0.15) is 56.1 Å². The van der Waals surface area contributed by atoms with Gasteiger partial charge in [0.2, 0.25) is 11.8 Å². The maximum Gasteiger partial charge on any atom is 0.303 e. The van der Waals surface area contributed by atoms with Crippen LogP contribution in [0.25, 0.3) is 6.08 Å². The van der Waals surface area contributed by atoms with Crippen molar-refractivity contribution in [1.29, 1.82) is 0 Å². The van der Waals surface area contributed by atoms with E-state index in [-0.39, 0.29) is 24.7 Å². The van der Waals surface area contributed by atoms with Gasteiger partial charge in [0.1, 0.15) is 18.1 Å². The molecule has 2 aromatic rings. The van der Waals surface area contributed by atoms with Crippen LogP contribution in [0.2, 0.25) is 0 Å². The molecule has 0 aliphatic heterocycles. The summed E-state index contributed by atoms with van der Waals surface area (Å²) in [7, 11) is 3.37. The van der Waals surface area contributed by atoms with Gasteiger partial charge in [-0.05, 0) is 73.6 Å². The number of allylic oxidation sites excluding steroid dienone is 1. The van der Waals surface area contributed by atoms with Crippen molar-refractivity contribution in [2.45, 2.75) is 51.4 Å². The maximum absolute atomic E-state index is 12.3. The first-order chi connectivity index (χ1) is 18.8. The molecule has 2 N–H and O–H groups in total. The number of carboxylic acids is 1. The zero-order chi connectivity index (χ0) is 28.5. The highest BCUT2D eigenvalue weighted by Crippen LogP contribution is 2.25. The minimum Gasteiger partial charge on any atom is -0.493 e. The number of rotatable bonds is 18. The molecule has 0 saturated carbocycles. The number of ether oxygens (including phenoxy) is 2. The molecule has 39 heavy (non-hydrogen) atoms. The second kappa shape index (κ2) is 17.4. The number of anilines is 1. The van der Waals surface area contributed by atoms with Crippen molar-refractivity contribution in [2.24, 2.45) is 0 Å². The highest BCUT2D eigenvalue weighted by molar-refractivity contribution is 5.91. The number of nitrogens with zero attached hydrogens (tertiary/aromatic N) is 1. The number of carbonyl (C=O) groups is 3. The van der Waals surface area contributed by atoms with Crippen molar-refractivity contribution < 1.29 is 29.0 Å². The number of nitrogens with one attached hydrogen (secondary N) is 1. The molecule has 2 aromatic carbocycles. The lowest BCUT2D eigenvalue weighted by atomic mass is 10.1. The first kappa shape index (κ1) is 31.1. The molecular formula is C31H40N2O6. The van der Waals surface area contributed by atoms with Gasteiger partial charge in [0.25, 0.3) is 0 Å². The Hall–Kier alpha value is -4.07. The van der Waals surface area contributed by atoms with Crippen LogP contribution in [-0.2, 0) is 20.8 Å². The number of benzene rings is 2. The average molecular weight is 537 g/mol. The fraction of sp³-hybridized carbons (Fsp3) is 0.387. The molecule has 0 aliphatic rings. The summed E-state index contributed by atoms with van der Waals surface area (Å²) < 4.78 is 11.4. The van der Waals surface area contributed by atoms with Crippen molar-refractivity contribution in [1.82, 2.24) is 4.90 Å². The molecule has 0 atom stereocenters. The molecular weight excluding hydrogens is 496 g/mol. The van der Waals surface area contributed by atoms with Crippen molar-refractivity contribution in [2.75, 3.05) is 32.6 Å². The average Bonchev–Trinajstić information content (AvgIpc) is 2.91. The van der Waals surface area contributed by atoms with E-state index in [4.69, 9.17) is 14.6 Å². The molecule has 210 valence electrons. The molecule has 8 heteroatoms. The molecule has 0 aliphatic carbocycles. The van der Waals surface area contributed by atoms with Gasteiger partial charge in [-0.1, -0.05) is 36.9 Å². The summed E-state index contributed by atoms with van der Waals surface area (Å²) >= 11 is 0. The Bertz CT molecular complexity index is 1110. The van der Waals surface area contributed by atoms with Gasteiger partial charge in [0, 0.05) is 39.0 Å². The fourth-order valence-corrected chi connectivity index (χ4v) is 3.68. The van der Waals surface area contributed by atoms with Crippen LogP contribution in [0.3, 0.4) is 0 Å². The van der Waals surface area contributed by atoms with Crippen molar-refractivity contribution in [3.63, 3.8) is 0 Å². The standard InChI is InChI=1S/C31H40N2O6/c1-4-21-38-27-17-13-24(14-18-27)10-7-5-6-8-22-39-28-19-16-26(23-25(28)15-20-31(36)37)32-29(34)11-9-12-30(35)33(2)3/h4,7,10,13-14,16-19,23H,1,5-6,8-9,11-12,15,20-22H2,2-3H3,(H,32,34)(H,36,37)/b10-7+. The van der Waals surface area contributed by atoms with E-state index in [2.05, 4.69) is 24.0 Å². The zero-order valence-corrected chi connectivity index (χ0v) is 23.0. The van der Waals surface area contributed by atoms with E-state index in [9.17, 15) is 14.4 Å². The topological polar surface area (TPSA) is 105 Å². The molecule has 0 radical (unpaired) electrons. The first-order valence-corrected chi connectivity index (χ1v) is 13.3. The largest absolute Gasteiger partial charge is 0.493 e. The van der Waals surface area contributed by atoms with Crippen LogP contribution >= 0.6 is 0 Å². The molecule has 2 rings (SSSR count). The number of carbonyl (C=O) groups excluding carboxylic acids is 2. The summed E-state index contributed by atoms with van der Waals surface area (Å²) in [5, 5.41) is 12.0. The summed E-state index contributed by atoms with van der Waals surface area (Å²) in [6.45, 7) is 4.64. The third-order valence-corrected chi connectivity index (χ3v) is 5.83. The Labute approximate surface area is 231 Å². The van der Waals surface area contributed by atoms with E-state index in [1.165, 1.54) is 4.90 Å². The van der Waals surface area contributed by atoms with E-state index in [1.54, 1.807) is 38.4 Å². The number of hydrogen-bond donors (Lipinski definition) is 2. The van der Waals surface area contributed by atoms with Crippen LogP contribution in [0.15, 0.2) is 61.2 Å². The monoisotopic (exact) mass is 536 g/mol. The number of amides is 2. The Morgan fingerprint density at radius 1 is 0.974 bits per heavy atom. The summed E-state index contributed by atoms with van der Waals surface area (Å²) in [6, 6.07) is 13.2. The number of hydrogen-bond acceptors (Lipinski definition) is 5. The fourth-order valence-electron chi connectivity index (χ4n) is 3.68. The van der Waals surface area contributed by atoms with Gasteiger partial charge in [0.05, 0.1) is 6.61 Å². The third kappa shape index (κ3) is 12.8. The van der Waals surface area contributed by atoms with Gasteiger partial charge in [-0.15, -0.1) is 0 Å². The van der Waals surface area contributed by atoms with Gasteiger partial charge >= 0.3 is 5.97 Å². The molecule has 0 saturated heterocycles. The normalized spacial score (nSPS) is 10.7. The summed E-state index contributed by atoms with van der Waals surface area (Å²) in [5.74, 6) is 0.337. The summed E-state index contributed by atoms with van der Waals surface area (Å²) in [6.07, 6.45) is 9.90. The molecule has 0 fully saturated rings. The van der Waals surface area contributed by atoms with Gasteiger partial charge < -0.3 is 24.8 Å². The lowest BCUT2D eigenvalue weighted by Crippen LogP contribution is -2.21. The molecule has 2 amide bonds. The predicted molar refractivity (Wildman–Crippen MR) is 154 cm³/mol. The van der Waals surface area contributed by atoms with Crippen molar-refractivity contribution in [3.8, 4) is 11.5 Å². The predicted octanol–water partition coefficient (Wildman–Crippen LogP) is 5.73. The van der Waals surface area contributed by atoms with Gasteiger partial charge in [-0.2, -0.15) is 0 Å². The first-order valence-electron chi connectivity index (χ1n) is 13.3. The molecule has 0 spiro atoms. The highest BCUT2D eigenvalue weighted by Gasteiger charge is 2.11. The Kier molecular flexibility index (Phi) is 13.9. The molecule has 8 nitrogen and oxygen atoms in total. The second-order valence-electron chi connectivity index (χ2n) is 9.32. The number of carboxylic acid groups (broad SMARTS) is 1. The van der Waals surface area contributed by atoms with Crippen LogP contribution in [0, 0.1) is 0 Å². The molecule has 0 heterocycles. The quantitative estimate of drug-likeness (QED) is 0.186. The van der Waals surface area contributed by atoms with E-state index >= 15 is 0 Å². The SMILES string of the molecule is C=CCOc1ccc(/C=C/CCCCOc2ccc(NC(=O)CCCC(=O)N(C)C)cc2CCC(=O)O)cc1. The summed E-state index contributed by atoms with van der Waals surface area (Å²) in [5.41, 5.74) is 2.42. The van der Waals surface area contributed by atoms with Crippen LogP contribution in [0.5, 0.6) is 11.5 Å². The Morgan fingerprint density at radius 3 is 2.44 bits per heavy atom. The number of aryl methyl sites for hydroxylation is 1. The van der Waals surface area contributed by atoms with Crippen LogP contribution in [0.4, 0.5) is 5.69 Å². The highest BCUT2D eigenvalue weighted by atomic mass is 16.5. The zero-order valence-electron chi connectivity index (χ0n) is 23.0. The summed E-state index contributed by atoms with van der Waals surface area (Å²) in [4.78, 5) is 36.6. The van der Waals surface area contributed by atoms with Gasteiger partial charge in [-0.25, -0.2) is 0 Å². The molecule has 0 unspecified atom stereocenters. The number of aliphatic carboxylic acids is 1. The molecule has 0 aromatic heterocycles. The second-order valence-corrected chi connectivity index (χ2v) is 9.32. The van der Waals surface area contributed by atoms with E-state index in [0.29, 0.717) is 43.9 Å². The lowest BCUT2D eigenvalue weighted by molar-refractivity contribution is -0.137. The van der Waals surface area contributed by atoms with E-state index in [0.717, 1.165) is 36.1 Å². The maximum atomic E-state index is 12.3. The van der Waals surface area contributed by atoms with Gasteiger partial charge in [-0.3, -0.25) is 14.4 Å². The van der Waals surface area contributed by atoms with E-state index in [1.807, 2.05) is 24.3 Å². The third-order valence-electron chi connectivity index (χ3n) is 5.83. The van der Waals surface area contributed by atoms with Crippen LogP contribution < -0.4 is 14.8 Å². The Morgan fingerprint density at radius 2 is 1.74 bits per heavy atom. The Balaban J connectivity index is 1.80. The van der Waals surface area contributed by atoms with Crippen molar-refractivity contribution >= 4 is 29.5 Å². The van der Waals surface area contributed by atoms with Crippen LogP contribution in [-0.4, -0.2) is 55.1 Å².